The van der Waals surface area contributed by atoms with Crippen molar-refractivity contribution in [3.8, 4) is 0 Å². The van der Waals surface area contributed by atoms with Gasteiger partial charge in [-0.1, -0.05) is 74.5 Å². The normalized spacial score (nSPS) is 10.3. The van der Waals surface area contributed by atoms with E-state index >= 15 is 0 Å². The minimum Gasteiger partial charge on any atom is -0.480 e. The van der Waals surface area contributed by atoms with E-state index in [1.54, 1.807) is 0 Å². The molecule has 2 rings (SSSR count). The van der Waals surface area contributed by atoms with Crippen molar-refractivity contribution in [1.82, 2.24) is 0 Å². The second-order valence-corrected chi connectivity index (χ2v) is 4.91. The number of benzene rings is 2. The summed E-state index contributed by atoms with van der Waals surface area (Å²) in [7, 11) is 0. The number of carbonyl (C=O) groups is 1. The van der Waals surface area contributed by atoms with Crippen molar-refractivity contribution in [3.05, 3.63) is 71.8 Å². The van der Waals surface area contributed by atoms with Crippen LogP contribution in [-0.4, -0.2) is 22.8 Å². The Balaban J connectivity index is 0.000000347. The van der Waals surface area contributed by atoms with Crippen LogP contribution in [0, 0.1) is 0 Å². The standard InChI is InChI=1S/C15H16.C2H4O3/c1-15(2,13-9-5-3-6-10-13)14-11-7-4-8-12-14;3-1-2(4)5/h3-12H,1-2H3;3H,1H2,(H,4,5). The molecule has 0 aliphatic heterocycles. The van der Waals surface area contributed by atoms with Crippen LogP contribution in [0.5, 0.6) is 0 Å². The van der Waals surface area contributed by atoms with Gasteiger partial charge in [-0.25, -0.2) is 4.79 Å². The molecule has 2 aromatic rings. The number of aliphatic hydroxyl groups is 1. The van der Waals surface area contributed by atoms with Gasteiger partial charge in [-0.05, 0) is 11.1 Å². The quantitative estimate of drug-likeness (QED) is 0.902. The van der Waals surface area contributed by atoms with E-state index in [1.807, 2.05) is 0 Å². The molecule has 0 heterocycles. The van der Waals surface area contributed by atoms with Gasteiger partial charge in [-0.3, -0.25) is 0 Å². The number of rotatable bonds is 3. The van der Waals surface area contributed by atoms with Gasteiger partial charge in [0.2, 0.25) is 0 Å². The summed E-state index contributed by atoms with van der Waals surface area (Å²) in [4.78, 5) is 9.12. The zero-order valence-electron chi connectivity index (χ0n) is 11.8. The van der Waals surface area contributed by atoms with Gasteiger partial charge in [0.05, 0.1) is 0 Å². The van der Waals surface area contributed by atoms with Crippen molar-refractivity contribution in [2.45, 2.75) is 19.3 Å². The number of hydrogen-bond donors (Lipinski definition) is 2. The van der Waals surface area contributed by atoms with Gasteiger partial charge >= 0.3 is 5.97 Å². The molecule has 106 valence electrons. The van der Waals surface area contributed by atoms with Crippen molar-refractivity contribution in [2.75, 3.05) is 6.61 Å². The van der Waals surface area contributed by atoms with E-state index in [-0.39, 0.29) is 5.41 Å². The predicted molar refractivity (Wildman–Crippen MR) is 79.7 cm³/mol. The Labute approximate surface area is 119 Å². The van der Waals surface area contributed by atoms with Gasteiger partial charge in [-0.15, -0.1) is 0 Å². The van der Waals surface area contributed by atoms with Crippen molar-refractivity contribution in [2.24, 2.45) is 0 Å². The van der Waals surface area contributed by atoms with E-state index in [0.717, 1.165) is 0 Å². The molecule has 0 bridgehead atoms. The number of carboxylic acids is 1. The molecular weight excluding hydrogens is 252 g/mol. The fraction of sp³-hybridized carbons (Fsp3) is 0.235. The van der Waals surface area contributed by atoms with Crippen LogP contribution in [0.1, 0.15) is 25.0 Å². The third-order valence-electron chi connectivity index (χ3n) is 3.13. The van der Waals surface area contributed by atoms with Gasteiger partial charge in [0.25, 0.3) is 0 Å². The summed E-state index contributed by atoms with van der Waals surface area (Å²) in [6.45, 7) is 3.75. The SMILES string of the molecule is CC(C)(c1ccccc1)c1ccccc1.O=C(O)CO. The Kier molecular flexibility index (Phi) is 5.94. The summed E-state index contributed by atoms with van der Waals surface area (Å²) in [6, 6.07) is 21.3. The molecule has 0 aromatic heterocycles. The molecule has 2 aromatic carbocycles. The zero-order chi connectivity index (χ0) is 15.0. The van der Waals surface area contributed by atoms with E-state index in [0.29, 0.717) is 0 Å². The highest BCUT2D eigenvalue weighted by Crippen LogP contribution is 2.30. The average Bonchev–Trinajstić information content (AvgIpc) is 2.49. The van der Waals surface area contributed by atoms with Crippen LogP contribution in [0.25, 0.3) is 0 Å². The highest BCUT2D eigenvalue weighted by Gasteiger charge is 2.21. The number of aliphatic carboxylic acids is 1. The second-order valence-electron chi connectivity index (χ2n) is 4.91. The Bertz CT molecular complexity index is 477. The molecule has 0 saturated carbocycles. The Morgan fingerprint density at radius 2 is 1.20 bits per heavy atom. The monoisotopic (exact) mass is 272 g/mol. The van der Waals surface area contributed by atoms with E-state index in [1.165, 1.54) is 11.1 Å². The number of hydrogen-bond acceptors (Lipinski definition) is 2. The van der Waals surface area contributed by atoms with E-state index in [9.17, 15) is 0 Å². The second kappa shape index (κ2) is 7.46. The van der Waals surface area contributed by atoms with Crippen LogP contribution >= 0.6 is 0 Å². The third kappa shape index (κ3) is 4.52. The van der Waals surface area contributed by atoms with Crippen molar-refractivity contribution in [1.29, 1.82) is 0 Å². The average molecular weight is 272 g/mol. The van der Waals surface area contributed by atoms with Gasteiger partial charge in [-0.2, -0.15) is 0 Å². The lowest BCUT2D eigenvalue weighted by molar-refractivity contribution is -0.140. The first-order chi connectivity index (χ1) is 9.48. The number of carboxylic acid groups (broad SMARTS) is 1. The topological polar surface area (TPSA) is 57.5 Å². The first-order valence-corrected chi connectivity index (χ1v) is 6.42. The fourth-order valence-electron chi connectivity index (χ4n) is 1.88. The van der Waals surface area contributed by atoms with Gasteiger partial charge in [0.1, 0.15) is 6.61 Å². The summed E-state index contributed by atoms with van der Waals surface area (Å²) in [6.07, 6.45) is 0. The van der Waals surface area contributed by atoms with Gasteiger partial charge in [0.15, 0.2) is 0 Å². The molecule has 0 atom stereocenters. The maximum Gasteiger partial charge on any atom is 0.329 e. The molecule has 0 aliphatic rings. The summed E-state index contributed by atoms with van der Waals surface area (Å²) in [5.41, 5.74) is 2.80. The fourth-order valence-corrected chi connectivity index (χ4v) is 1.88. The van der Waals surface area contributed by atoms with Crippen LogP contribution < -0.4 is 0 Å². The summed E-state index contributed by atoms with van der Waals surface area (Å²) < 4.78 is 0. The largest absolute Gasteiger partial charge is 0.480 e. The third-order valence-corrected chi connectivity index (χ3v) is 3.13. The minimum atomic E-state index is -1.19. The molecule has 3 heteroatoms. The molecule has 20 heavy (non-hydrogen) atoms. The predicted octanol–water partition coefficient (Wildman–Crippen LogP) is 3.08. The van der Waals surface area contributed by atoms with Crippen LogP contribution in [0.15, 0.2) is 60.7 Å². The first-order valence-electron chi connectivity index (χ1n) is 6.42. The molecule has 0 radical (unpaired) electrons. The van der Waals surface area contributed by atoms with Crippen LogP contribution in [-0.2, 0) is 10.2 Å². The van der Waals surface area contributed by atoms with Crippen LogP contribution in [0.4, 0.5) is 0 Å². The Hall–Kier alpha value is -2.13. The number of aliphatic hydroxyl groups excluding tert-OH is 1. The highest BCUT2D eigenvalue weighted by molar-refractivity contribution is 5.67. The van der Waals surface area contributed by atoms with Gasteiger partial charge in [0, 0.05) is 5.41 Å². The van der Waals surface area contributed by atoms with Gasteiger partial charge < -0.3 is 10.2 Å². The van der Waals surface area contributed by atoms with E-state index in [2.05, 4.69) is 74.5 Å². The lowest BCUT2D eigenvalue weighted by atomic mass is 9.78. The molecular formula is C17H20O3. The molecule has 0 spiro atoms. The molecule has 3 nitrogen and oxygen atoms in total. The molecule has 2 N–H and O–H groups in total. The zero-order valence-corrected chi connectivity index (χ0v) is 11.8. The Morgan fingerprint density at radius 3 is 1.45 bits per heavy atom. The maximum atomic E-state index is 9.12. The minimum absolute atomic E-state index is 0.0858. The molecule has 0 amide bonds. The lowest BCUT2D eigenvalue weighted by Gasteiger charge is -2.25. The van der Waals surface area contributed by atoms with Crippen molar-refractivity contribution >= 4 is 5.97 Å². The summed E-state index contributed by atoms with van der Waals surface area (Å²) in [5, 5.41) is 15.0. The highest BCUT2D eigenvalue weighted by atomic mass is 16.4. The summed E-state index contributed by atoms with van der Waals surface area (Å²) >= 11 is 0. The van der Waals surface area contributed by atoms with Crippen molar-refractivity contribution < 1.29 is 15.0 Å². The van der Waals surface area contributed by atoms with Crippen LogP contribution in [0.2, 0.25) is 0 Å². The molecule has 0 fully saturated rings. The molecule has 0 aliphatic carbocycles. The van der Waals surface area contributed by atoms with Crippen molar-refractivity contribution in [3.63, 3.8) is 0 Å². The maximum absolute atomic E-state index is 9.12. The smallest absolute Gasteiger partial charge is 0.329 e. The van der Waals surface area contributed by atoms with E-state index < -0.39 is 12.6 Å². The first kappa shape index (κ1) is 15.9. The van der Waals surface area contributed by atoms with E-state index in [4.69, 9.17) is 15.0 Å². The summed E-state index contributed by atoms with van der Waals surface area (Å²) in [5.74, 6) is -1.19. The molecule has 0 unspecified atom stereocenters. The molecule has 0 saturated heterocycles. The lowest BCUT2D eigenvalue weighted by Crippen LogP contribution is -2.18. The van der Waals surface area contributed by atoms with Crippen LogP contribution in [0.3, 0.4) is 0 Å². The Morgan fingerprint density at radius 1 is 0.900 bits per heavy atom.